The third-order valence-electron chi connectivity index (χ3n) is 3.23. The van der Waals surface area contributed by atoms with Crippen molar-refractivity contribution in [2.24, 2.45) is 5.92 Å². The van der Waals surface area contributed by atoms with Crippen molar-refractivity contribution in [2.75, 3.05) is 13.7 Å². The normalized spacial score (nSPS) is 17.1. The van der Waals surface area contributed by atoms with Crippen LogP contribution in [0.1, 0.15) is 25.7 Å². The van der Waals surface area contributed by atoms with Crippen LogP contribution in [0.2, 0.25) is 0 Å². The summed E-state index contributed by atoms with van der Waals surface area (Å²) >= 11 is 0. The molecule has 0 aromatic heterocycles. The van der Waals surface area contributed by atoms with Gasteiger partial charge < -0.3 is 10.1 Å². The van der Waals surface area contributed by atoms with E-state index in [-0.39, 0.29) is 0 Å². The van der Waals surface area contributed by atoms with Gasteiger partial charge in [-0.25, -0.2) is 0 Å². The van der Waals surface area contributed by atoms with Gasteiger partial charge in [0, 0.05) is 6.04 Å². The molecule has 1 fully saturated rings. The summed E-state index contributed by atoms with van der Waals surface area (Å²) in [6.07, 6.45) is 5.18. The highest BCUT2D eigenvalue weighted by molar-refractivity contribution is 5.20. The lowest BCUT2D eigenvalue weighted by Gasteiger charge is -2.15. The molecule has 1 saturated carbocycles. The fraction of sp³-hybridized carbons (Fsp3) is 0.571. The Kier molecular flexibility index (Phi) is 4.23. The Balaban J connectivity index is 1.61. The first-order valence-electron chi connectivity index (χ1n) is 6.25. The molecule has 0 radical (unpaired) electrons. The molecule has 2 heteroatoms. The summed E-state index contributed by atoms with van der Waals surface area (Å²) in [6.45, 7) is 0.828. The Bertz CT molecular complexity index is 295. The lowest BCUT2D eigenvalue weighted by Crippen LogP contribution is -2.27. The maximum atomic E-state index is 5.67. The molecular formula is C14H21NO. The summed E-state index contributed by atoms with van der Waals surface area (Å²) < 4.78 is 5.67. The van der Waals surface area contributed by atoms with Crippen LogP contribution in [0.5, 0.6) is 5.75 Å². The van der Waals surface area contributed by atoms with Crippen molar-refractivity contribution in [3.63, 3.8) is 0 Å². The van der Waals surface area contributed by atoms with E-state index in [9.17, 15) is 0 Å². The number of para-hydroxylation sites is 1. The quantitative estimate of drug-likeness (QED) is 0.712. The van der Waals surface area contributed by atoms with E-state index in [4.69, 9.17) is 4.74 Å². The summed E-state index contributed by atoms with van der Waals surface area (Å²) in [4.78, 5) is 0. The van der Waals surface area contributed by atoms with Gasteiger partial charge in [0.2, 0.25) is 0 Å². The van der Waals surface area contributed by atoms with E-state index in [1.165, 1.54) is 19.3 Å². The van der Waals surface area contributed by atoms with Crippen LogP contribution in [0.3, 0.4) is 0 Å². The average molecular weight is 219 g/mol. The van der Waals surface area contributed by atoms with Gasteiger partial charge in [0.15, 0.2) is 0 Å². The Hall–Kier alpha value is -1.02. The second kappa shape index (κ2) is 5.90. The fourth-order valence-corrected chi connectivity index (χ4v) is 2.12. The van der Waals surface area contributed by atoms with E-state index < -0.39 is 0 Å². The molecule has 0 amide bonds. The molecular weight excluding hydrogens is 198 g/mol. The molecule has 0 bridgehead atoms. The van der Waals surface area contributed by atoms with Gasteiger partial charge in [-0.15, -0.1) is 0 Å². The predicted molar refractivity (Wildman–Crippen MR) is 66.7 cm³/mol. The van der Waals surface area contributed by atoms with Crippen molar-refractivity contribution in [3.8, 4) is 5.75 Å². The molecule has 0 saturated heterocycles. The molecule has 2 nitrogen and oxygen atoms in total. The van der Waals surface area contributed by atoms with E-state index >= 15 is 0 Å². The van der Waals surface area contributed by atoms with Crippen LogP contribution in [0.15, 0.2) is 30.3 Å². The topological polar surface area (TPSA) is 21.3 Å². The Morgan fingerprint density at radius 2 is 2.06 bits per heavy atom. The molecule has 1 aliphatic rings. The summed E-state index contributed by atoms with van der Waals surface area (Å²) in [5.74, 6) is 1.91. The van der Waals surface area contributed by atoms with Crippen LogP contribution in [0.25, 0.3) is 0 Å². The molecule has 0 spiro atoms. The number of ether oxygens (including phenoxy) is 1. The van der Waals surface area contributed by atoms with Crippen LogP contribution in [0.4, 0.5) is 0 Å². The van der Waals surface area contributed by atoms with Gasteiger partial charge >= 0.3 is 0 Å². The van der Waals surface area contributed by atoms with Gasteiger partial charge in [-0.2, -0.15) is 0 Å². The summed E-state index contributed by atoms with van der Waals surface area (Å²) in [5.41, 5.74) is 0. The monoisotopic (exact) mass is 219 g/mol. The van der Waals surface area contributed by atoms with Crippen molar-refractivity contribution in [2.45, 2.75) is 31.7 Å². The number of hydrogen-bond acceptors (Lipinski definition) is 2. The van der Waals surface area contributed by atoms with E-state index in [0.29, 0.717) is 6.04 Å². The van der Waals surface area contributed by atoms with Gasteiger partial charge in [-0.1, -0.05) is 18.2 Å². The molecule has 0 aliphatic heterocycles. The molecule has 1 N–H and O–H groups in total. The number of rotatable bonds is 7. The highest BCUT2D eigenvalue weighted by Crippen LogP contribution is 2.34. The van der Waals surface area contributed by atoms with Crippen LogP contribution in [-0.2, 0) is 0 Å². The molecule has 1 aromatic rings. The van der Waals surface area contributed by atoms with Crippen molar-refractivity contribution < 1.29 is 4.74 Å². The van der Waals surface area contributed by atoms with Crippen LogP contribution in [-0.4, -0.2) is 19.7 Å². The van der Waals surface area contributed by atoms with Crippen molar-refractivity contribution in [1.82, 2.24) is 5.32 Å². The summed E-state index contributed by atoms with van der Waals surface area (Å²) in [6, 6.07) is 10.8. The largest absolute Gasteiger partial charge is 0.494 e. The third kappa shape index (κ3) is 3.53. The minimum atomic E-state index is 0.708. The van der Waals surface area contributed by atoms with Crippen molar-refractivity contribution >= 4 is 0 Å². The molecule has 88 valence electrons. The lowest BCUT2D eigenvalue weighted by molar-refractivity contribution is 0.293. The smallest absolute Gasteiger partial charge is 0.119 e. The maximum absolute atomic E-state index is 5.67. The van der Waals surface area contributed by atoms with Crippen LogP contribution >= 0.6 is 0 Å². The number of benzene rings is 1. The van der Waals surface area contributed by atoms with Crippen LogP contribution in [0, 0.1) is 5.92 Å². The molecule has 0 heterocycles. The lowest BCUT2D eigenvalue weighted by atomic mass is 10.1. The van der Waals surface area contributed by atoms with Gasteiger partial charge in [0.25, 0.3) is 0 Å². The van der Waals surface area contributed by atoms with E-state index in [0.717, 1.165) is 24.7 Å². The van der Waals surface area contributed by atoms with Gasteiger partial charge in [0.05, 0.1) is 6.61 Å². The van der Waals surface area contributed by atoms with Gasteiger partial charge in [-0.3, -0.25) is 0 Å². The Morgan fingerprint density at radius 3 is 2.69 bits per heavy atom. The SMILES string of the molecule is CNC(CCCOc1ccccc1)C1CC1. The van der Waals surface area contributed by atoms with E-state index in [1.807, 2.05) is 30.3 Å². The number of hydrogen-bond donors (Lipinski definition) is 1. The highest BCUT2D eigenvalue weighted by atomic mass is 16.5. The van der Waals surface area contributed by atoms with E-state index in [2.05, 4.69) is 12.4 Å². The minimum absolute atomic E-state index is 0.708. The predicted octanol–water partition coefficient (Wildman–Crippen LogP) is 2.84. The molecule has 1 atom stereocenters. The standard InChI is InChI=1S/C14H21NO/c1-15-14(12-9-10-12)8-5-11-16-13-6-3-2-4-7-13/h2-4,6-7,12,14-15H,5,8-11H2,1H3. The van der Waals surface area contributed by atoms with Crippen LogP contribution < -0.4 is 10.1 Å². The maximum Gasteiger partial charge on any atom is 0.119 e. The van der Waals surface area contributed by atoms with Gasteiger partial charge in [0.1, 0.15) is 5.75 Å². The minimum Gasteiger partial charge on any atom is -0.494 e. The Morgan fingerprint density at radius 1 is 1.31 bits per heavy atom. The molecule has 1 aliphatic carbocycles. The summed E-state index contributed by atoms with van der Waals surface area (Å²) in [7, 11) is 2.07. The highest BCUT2D eigenvalue weighted by Gasteiger charge is 2.29. The zero-order valence-electron chi connectivity index (χ0n) is 9.99. The molecule has 1 aromatic carbocycles. The van der Waals surface area contributed by atoms with E-state index in [1.54, 1.807) is 0 Å². The zero-order valence-corrected chi connectivity index (χ0v) is 9.99. The fourth-order valence-electron chi connectivity index (χ4n) is 2.12. The van der Waals surface area contributed by atoms with Crippen molar-refractivity contribution in [3.05, 3.63) is 30.3 Å². The molecule has 2 rings (SSSR count). The second-order valence-corrected chi connectivity index (χ2v) is 4.54. The summed E-state index contributed by atoms with van der Waals surface area (Å²) in [5, 5.41) is 3.41. The Labute approximate surface area is 98.0 Å². The number of nitrogens with one attached hydrogen (secondary N) is 1. The molecule has 16 heavy (non-hydrogen) atoms. The zero-order chi connectivity index (χ0) is 11.2. The first kappa shape index (κ1) is 11.5. The second-order valence-electron chi connectivity index (χ2n) is 4.54. The first-order chi connectivity index (χ1) is 7.90. The first-order valence-corrected chi connectivity index (χ1v) is 6.25. The van der Waals surface area contributed by atoms with Crippen molar-refractivity contribution in [1.29, 1.82) is 0 Å². The average Bonchev–Trinajstić information content (AvgIpc) is 3.15. The molecule has 1 unspecified atom stereocenters. The third-order valence-corrected chi connectivity index (χ3v) is 3.23. The van der Waals surface area contributed by atoms with Gasteiger partial charge in [-0.05, 0) is 50.8 Å².